The van der Waals surface area contributed by atoms with Gasteiger partial charge in [0.15, 0.2) is 0 Å². The second kappa shape index (κ2) is 9.57. The fourth-order valence-corrected chi connectivity index (χ4v) is 3.65. The molecule has 2 N–H and O–H groups in total. The minimum atomic E-state index is -0.641. The fraction of sp³-hybridized carbons (Fsp3) is 0.474. The SMILES string of the molecule is Cc1ccc(C#N)c(SC(C[C@@H](CO)NC(=O)OC(C)(C)C)c2ccon2)n1. The summed E-state index contributed by atoms with van der Waals surface area (Å²) in [5, 5.41) is 26.0. The molecule has 0 aliphatic rings. The predicted molar refractivity (Wildman–Crippen MR) is 104 cm³/mol. The molecule has 9 heteroatoms. The smallest absolute Gasteiger partial charge is 0.407 e. The van der Waals surface area contributed by atoms with Crippen molar-refractivity contribution < 1.29 is 19.2 Å². The molecule has 0 fully saturated rings. The highest BCUT2D eigenvalue weighted by Gasteiger charge is 2.26. The van der Waals surface area contributed by atoms with E-state index < -0.39 is 17.7 Å². The van der Waals surface area contributed by atoms with Crippen LogP contribution in [0.5, 0.6) is 0 Å². The lowest BCUT2D eigenvalue weighted by atomic mass is 10.1. The van der Waals surface area contributed by atoms with Gasteiger partial charge in [0.25, 0.3) is 0 Å². The highest BCUT2D eigenvalue weighted by atomic mass is 32.2. The van der Waals surface area contributed by atoms with E-state index in [4.69, 9.17) is 9.26 Å². The summed E-state index contributed by atoms with van der Waals surface area (Å²) in [5.74, 6) is 0. The molecule has 1 amide bonds. The van der Waals surface area contributed by atoms with Crippen LogP contribution in [0.4, 0.5) is 4.79 Å². The fourth-order valence-electron chi connectivity index (χ4n) is 2.37. The Morgan fingerprint density at radius 1 is 1.43 bits per heavy atom. The van der Waals surface area contributed by atoms with Gasteiger partial charge >= 0.3 is 6.09 Å². The number of alkyl carbamates (subject to hydrolysis) is 1. The number of nitriles is 1. The van der Waals surface area contributed by atoms with Gasteiger partial charge in [0, 0.05) is 11.8 Å². The molecule has 2 aromatic heterocycles. The van der Waals surface area contributed by atoms with Crippen molar-refractivity contribution in [2.24, 2.45) is 0 Å². The van der Waals surface area contributed by atoms with Crippen molar-refractivity contribution in [3.8, 4) is 6.07 Å². The lowest BCUT2D eigenvalue weighted by Crippen LogP contribution is -2.41. The quantitative estimate of drug-likeness (QED) is 0.674. The van der Waals surface area contributed by atoms with Crippen molar-refractivity contribution in [2.45, 2.75) is 56.0 Å². The molecule has 1 unspecified atom stereocenters. The highest BCUT2D eigenvalue weighted by Crippen LogP contribution is 2.38. The number of ether oxygens (including phenoxy) is 1. The Morgan fingerprint density at radius 2 is 2.18 bits per heavy atom. The number of pyridine rings is 1. The van der Waals surface area contributed by atoms with Crippen LogP contribution in [0.1, 0.15) is 49.4 Å². The van der Waals surface area contributed by atoms with Gasteiger partial charge in [0.05, 0.1) is 29.2 Å². The van der Waals surface area contributed by atoms with E-state index in [2.05, 4.69) is 21.5 Å². The molecule has 2 aromatic rings. The Kier molecular flexibility index (Phi) is 7.43. The number of aromatic nitrogens is 2. The molecule has 0 aliphatic heterocycles. The summed E-state index contributed by atoms with van der Waals surface area (Å²) in [5.41, 5.74) is 1.22. The van der Waals surface area contributed by atoms with Crippen molar-refractivity contribution in [2.75, 3.05) is 6.61 Å². The minimum absolute atomic E-state index is 0.277. The van der Waals surface area contributed by atoms with Crippen LogP contribution < -0.4 is 5.32 Å². The third-order valence-electron chi connectivity index (χ3n) is 3.60. The van der Waals surface area contributed by atoms with Crippen molar-refractivity contribution >= 4 is 17.9 Å². The number of hydrogen-bond acceptors (Lipinski definition) is 8. The second-order valence-electron chi connectivity index (χ2n) is 7.21. The maximum atomic E-state index is 12.1. The first-order valence-corrected chi connectivity index (χ1v) is 9.65. The molecule has 0 spiro atoms. The first kappa shape index (κ1) is 21.7. The summed E-state index contributed by atoms with van der Waals surface area (Å²) in [6, 6.07) is 6.76. The van der Waals surface area contributed by atoms with Crippen LogP contribution in [0.15, 0.2) is 34.0 Å². The number of rotatable bonds is 7. The molecule has 2 rings (SSSR count). The molecule has 0 saturated heterocycles. The number of amides is 1. The largest absolute Gasteiger partial charge is 0.444 e. The number of aryl methyl sites for hydroxylation is 1. The molecule has 0 aromatic carbocycles. The Hall–Kier alpha value is -2.57. The lowest BCUT2D eigenvalue weighted by Gasteiger charge is -2.24. The number of thioether (sulfide) groups is 1. The first-order valence-electron chi connectivity index (χ1n) is 8.77. The second-order valence-corrected chi connectivity index (χ2v) is 8.40. The number of aliphatic hydroxyl groups is 1. The number of carbonyl (C=O) groups excluding carboxylic acids is 1. The van der Waals surface area contributed by atoms with Gasteiger partial charge in [0.1, 0.15) is 23.0 Å². The van der Waals surface area contributed by atoms with E-state index in [0.29, 0.717) is 22.7 Å². The summed E-state index contributed by atoms with van der Waals surface area (Å²) in [6.07, 6.45) is 1.18. The Labute approximate surface area is 168 Å². The maximum absolute atomic E-state index is 12.1. The van der Waals surface area contributed by atoms with Gasteiger partial charge in [-0.05, 0) is 46.2 Å². The third-order valence-corrected chi connectivity index (χ3v) is 4.85. The molecule has 2 heterocycles. The molecule has 2 atom stereocenters. The van der Waals surface area contributed by atoms with Crippen molar-refractivity contribution in [1.82, 2.24) is 15.5 Å². The zero-order valence-corrected chi connectivity index (χ0v) is 17.1. The van der Waals surface area contributed by atoms with E-state index >= 15 is 0 Å². The maximum Gasteiger partial charge on any atom is 0.407 e. The van der Waals surface area contributed by atoms with E-state index in [1.54, 1.807) is 39.0 Å². The van der Waals surface area contributed by atoms with E-state index in [1.165, 1.54) is 18.0 Å². The molecule has 0 radical (unpaired) electrons. The number of hydrogen-bond donors (Lipinski definition) is 2. The average molecular weight is 404 g/mol. The Bertz CT molecular complexity index is 827. The van der Waals surface area contributed by atoms with Gasteiger partial charge in [-0.25, -0.2) is 9.78 Å². The van der Waals surface area contributed by atoms with Gasteiger partial charge in [-0.1, -0.05) is 16.9 Å². The van der Waals surface area contributed by atoms with E-state index in [-0.39, 0.29) is 11.9 Å². The molecule has 28 heavy (non-hydrogen) atoms. The van der Waals surface area contributed by atoms with Crippen LogP contribution >= 0.6 is 11.8 Å². The van der Waals surface area contributed by atoms with Crippen LogP contribution in [0.25, 0.3) is 0 Å². The average Bonchev–Trinajstić information content (AvgIpc) is 3.13. The zero-order chi connectivity index (χ0) is 20.7. The third kappa shape index (κ3) is 6.55. The van der Waals surface area contributed by atoms with Gasteiger partial charge in [-0.3, -0.25) is 0 Å². The molecule has 0 bridgehead atoms. The lowest BCUT2D eigenvalue weighted by molar-refractivity contribution is 0.0479. The van der Waals surface area contributed by atoms with Crippen LogP contribution in [-0.4, -0.2) is 39.6 Å². The van der Waals surface area contributed by atoms with Crippen molar-refractivity contribution in [3.63, 3.8) is 0 Å². The predicted octanol–water partition coefficient (Wildman–Crippen LogP) is 3.36. The van der Waals surface area contributed by atoms with Gasteiger partial charge in [-0.2, -0.15) is 5.26 Å². The first-order chi connectivity index (χ1) is 13.2. The summed E-state index contributed by atoms with van der Waals surface area (Å²) < 4.78 is 10.2. The normalized spacial score (nSPS) is 13.4. The standard InChI is InChI=1S/C19H24N4O4S/c1-12-5-6-13(10-20)17(21-12)28-16(15-7-8-26-23-15)9-14(11-24)22-18(25)27-19(2,3)4/h5-8,14,16,24H,9,11H2,1-4H3,(H,22,25)/t14-,16?/m0/s1. The van der Waals surface area contributed by atoms with Gasteiger partial charge in [0.2, 0.25) is 0 Å². The van der Waals surface area contributed by atoms with Crippen LogP contribution in [0.3, 0.4) is 0 Å². The zero-order valence-electron chi connectivity index (χ0n) is 16.3. The van der Waals surface area contributed by atoms with Gasteiger partial charge < -0.3 is 19.7 Å². The number of aliphatic hydroxyl groups excluding tert-OH is 1. The van der Waals surface area contributed by atoms with E-state index in [0.717, 1.165) is 5.69 Å². The van der Waals surface area contributed by atoms with Gasteiger partial charge in [-0.15, -0.1) is 0 Å². The molecule has 150 valence electrons. The minimum Gasteiger partial charge on any atom is -0.444 e. The summed E-state index contributed by atoms with van der Waals surface area (Å²) in [4.78, 5) is 16.5. The summed E-state index contributed by atoms with van der Waals surface area (Å²) >= 11 is 1.34. The van der Waals surface area contributed by atoms with E-state index in [9.17, 15) is 15.2 Å². The molecule has 0 saturated carbocycles. The summed E-state index contributed by atoms with van der Waals surface area (Å²) in [6.45, 7) is 6.86. The van der Waals surface area contributed by atoms with E-state index in [1.807, 2.05) is 6.92 Å². The Balaban J connectivity index is 2.19. The number of carbonyl (C=O) groups is 1. The molecular formula is C19H24N4O4S. The number of nitrogens with one attached hydrogen (secondary N) is 1. The number of nitrogens with zero attached hydrogens (tertiary/aromatic N) is 3. The van der Waals surface area contributed by atoms with Crippen LogP contribution in [0, 0.1) is 18.3 Å². The Morgan fingerprint density at radius 3 is 2.75 bits per heavy atom. The van der Waals surface area contributed by atoms with Crippen molar-refractivity contribution in [3.05, 3.63) is 41.4 Å². The van der Waals surface area contributed by atoms with Crippen LogP contribution in [0.2, 0.25) is 0 Å². The molecule has 0 aliphatic carbocycles. The molecule has 8 nitrogen and oxygen atoms in total. The summed E-state index contributed by atoms with van der Waals surface area (Å²) in [7, 11) is 0. The highest BCUT2D eigenvalue weighted by molar-refractivity contribution is 7.99. The van der Waals surface area contributed by atoms with Crippen molar-refractivity contribution in [1.29, 1.82) is 5.26 Å². The van der Waals surface area contributed by atoms with Crippen LogP contribution in [-0.2, 0) is 4.74 Å². The molecular weight excluding hydrogens is 380 g/mol. The monoisotopic (exact) mass is 404 g/mol. The topological polar surface area (TPSA) is 121 Å².